The van der Waals surface area contributed by atoms with Crippen molar-refractivity contribution in [3.05, 3.63) is 0 Å². The average Bonchev–Trinajstić information content (AvgIpc) is 1.79. The zero-order chi connectivity index (χ0) is 9.78. The topological polar surface area (TPSA) is 76.2 Å². The van der Waals surface area contributed by atoms with E-state index in [1.807, 2.05) is 0 Å². The monoisotopic (exact) mass is 270 g/mol. The van der Waals surface area contributed by atoms with Gasteiger partial charge in [0.1, 0.15) is 5.60 Å². The van der Waals surface area contributed by atoms with Crippen LogP contribution < -0.4 is 5.73 Å². The van der Waals surface area contributed by atoms with Gasteiger partial charge in [-0.1, -0.05) is 11.8 Å². The molecule has 0 saturated carbocycles. The van der Waals surface area contributed by atoms with Gasteiger partial charge in [-0.15, -0.1) is 17.0 Å². The zero-order valence-corrected chi connectivity index (χ0v) is 10.4. The maximum absolute atomic E-state index is 11.0. The molecule has 0 bridgehead atoms. The van der Waals surface area contributed by atoms with Gasteiger partial charge in [-0.05, 0) is 20.8 Å². The molecule has 0 heterocycles. The van der Waals surface area contributed by atoms with Crippen LogP contribution in [-0.4, -0.2) is 22.5 Å². The minimum absolute atomic E-state index is 0. The average molecular weight is 271 g/mol. The van der Waals surface area contributed by atoms with Crippen LogP contribution in [-0.2, 0) is 9.53 Å². The molecule has 0 amide bonds. The Hall–Kier alpha value is -0.230. The van der Waals surface area contributed by atoms with Crippen molar-refractivity contribution < 1.29 is 9.53 Å². The largest absolute Gasteiger partial charge is 0.459 e. The van der Waals surface area contributed by atoms with Gasteiger partial charge >= 0.3 is 5.97 Å². The number of hydrogen-bond donors (Lipinski definition) is 2. The van der Waals surface area contributed by atoms with Crippen LogP contribution in [0.15, 0.2) is 0 Å². The molecule has 3 N–H and O–H groups in total. The van der Waals surface area contributed by atoms with E-state index >= 15 is 0 Å². The van der Waals surface area contributed by atoms with E-state index in [4.69, 9.17) is 15.9 Å². The maximum Gasteiger partial charge on any atom is 0.316 e. The van der Waals surface area contributed by atoms with E-state index in [9.17, 15) is 4.79 Å². The van der Waals surface area contributed by atoms with E-state index in [0.29, 0.717) is 0 Å². The first kappa shape index (κ1) is 15.3. The van der Waals surface area contributed by atoms with E-state index in [0.717, 1.165) is 11.8 Å². The Morgan fingerprint density at radius 1 is 1.54 bits per heavy atom. The second-order valence-electron chi connectivity index (χ2n) is 3.24. The van der Waals surface area contributed by atoms with Gasteiger partial charge in [0.15, 0.2) is 5.17 Å². The van der Waals surface area contributed by atoms with E-state index in [1.165, 1.54) is 0 Å². The highest BCUT2D eigenvalue weighted by atomic mass is 79.9. The number of rotatable bonds is 2. The van der Waals surface area contributed by atoms with Crippen molar-refractivity contribution in [2.75, 3.05) is 5.75 Å². The van der Waals surface area contributed by atoms with E-state index in [2.05, 4.69) is 0 Å². The SMILES string of the molecule is Br.CC(C)(C)OC(=O)CSC(=N)N. The van der Waals surface area contributed by atoms with Crippen molar-refractivity contribution in [2.24, 2.45) is 5.73 Å². The Labute approximate surface area is 92.9 Å². The van der Waals surface area contributed by atoms with Crippen LogP contribution in [0.3, 0.4) is 0 Å². The van der Waals surface area contributed by atoms with Gasteiger partial charge in [0, 0.05) is 0 Å². The molecule has 0 rings (SSSR count). The summed E-state index contributed by atoms with van der Waals surface area (Å²) < 4.78 is 4.98. The molecule has 0 saturated heterocycles. The molecule has 0 fully saturated rings. The number of thioether (sulfide) groups is 1. The molecule has 0 spiro atoms. The van der Waals surface area contributed by atoms with Gasteiger partial charge in [0.2, 0.25) is 0 Å². The third-order valence-electron chi connectivity index (χ3n) is 0.766. The van der Waals surface area contributed by atoms with Crippen LogP contribution in [0.1, 0.15) is 20.8 Å². The molecule has 0 aliphatic heterocycles. The fourth-order valence-electron chi connectivity index (χ4n) is 0.508. The molecule has 4 nitrogen and oxygen atoms in total. The van der Waals surface area contributed by atoms with Gasteiger partial charge in [0.05, 0.1) is 5.75 Å². The van der Waals surface area contributed by atoms with Crippen LogP contribution in [0.5, 0.6) is 0 Å². The van der Waals surface area contributed by atoms with Gasteiger partial charge in [-0.3, -0.25) is 10.2 Å². The number of nitrogens with one attached hydrogen (secondary N) is 1. The number of halogens is 1. The zero-order valence-electron chi connectivity index (χ0n) is 7.92. The summed E-state index contributed by atoms with van der Waals surface area (Å²) in [6.45, 7) is 5.38. The van der Waals surface area contributed by atoms with Crippen molar-refractivity contribution in [1.29, 1.82) is 5.41 Å². The standard InChI is InChI=1S/C7H14N2O2S.BrH/c1-7(2,3)11-5(10)4-12-6(8)9;/h4H2,1-3H3,(H3,8,9);1H. The smallest absolute Gasteiger partial charge is 0.316 e. The Morgan fingerprint density at radius 2 is 2.00 bits per heavy atom. The molecule has 0 aromatic rings. The lowest BCUT2D eigenvalue weighted by Gasteiger charge is -2.18. The molecule has 0 aliphatic carbocycles. The van der Waals surface area contributed by atoms with Crippen molar-refractivity contribution in [3.63, 3.8) is 0 Å². The molecular weight excluding hydrogens is 256 g/mol. The lowest BCUT2D eigenvalue weighted by Crippen LogP contribution is -2.25. The summed E-state index contributed by atoms with van der Waals surface area (Å²) in [5, 5.41) is 6.78. The molecule has 13 heavy (non-hydrogen) atoms. The number of ether oxygens (including phenoxy) is 1. The summed E-state index contributed by atoms with van der Waals surface area (Å²) >= 11 is 0.967. The summed E-state index contributed by atoms with van der Waals surface area (Å²) in [5.74, 6) is -0.241. The first-order valence-corrected chi connectivity index (χ1v) is 4.48. The minimum Gasteiger partial charge on any atom is -0.459 e. The van der Waals surface area contributed by atoms with Gasteiger partial charge in [-0.2, -0.15) is 0 Å². The van der Waals surface area contributed by atoms with Crippen molar-refractivity contribution >= 4 is 39.9 Å². The first-order chi connectivity index (χ1) is 5.31. The number of hydrogen-bond acceptors (Lipinski definition) is 4. The Morgan fingerprint density at radius 3 is 2.31 bits per heavy atom. The van der Waals surface area contributed by atoms with Crippen LogP contribution in [0.2, 0.25) is 0 Å². The highest BCUT2D eigenvalue weighted by molar-refractivity contribution is 8.93. The van der Waals surface area contributed by atoms with E-state index in [1.54, 1.807) is 20.8 Å². The molecule has 0 unspecified atom stereocenters. The van der Waals surface area contributed by atoms with Gasteiger partial charge in [0.25, 0.3) is 0 Å². The first-order valence-electron chi connectivity index (χ1n) is 3.50. The minimum atomic E-state index is -0.464. The predicted molar refractivity (Wildman–Crippen MR) is 60.5 cm³/mol. The lowest BCUT2D eigenvalue weighted by atomic mass is 10.2. The summed E-state index contributed by atoms with van der Waals surface area (Å²) in [5.41, 5.74) is 4.58. The fraction of sp³-hybridized carbons (Fsp3) is 0.714. The number of carbonyl (C=O) groups is 1. The number of esters is 1. The van der Waals surface area contributed by atoms with Crippen LogP contribution in [0.4, 0.5) is 0 Å². The molecule has 0 aromatic heterocycles. The highest BCUT2D eigenvalue weighted by Gasteiger charge is 2.15. The van der Waals surface area contributed by atoms with Crippen molar-refractivity contribution in [2.45, 2.75) is 26.4 Å². The molecule has 0 aromatic carbocycles. The van der Waals surface area contributed by atoms with Crippen molar-refractivity contribution in [1.82, 2.24) is 0 Å². The summed E-state index contributed by atoms with van der Waals surface area (Å²) in [6.07, 6.45) is 0. The molecule has 78 valence electrons. The fourth-order valence-corrected chi connectivity index (χ4v) is 0.840. The van der Waals surface area contributed by atoms with Gasteiger partial charge in [-0.25, -0.2) is 0 Å². The number of nitrogens with two attached hydrogens (primary N) is 1. The highest BCUT2D eigenvalue weighted by Crippen LogP contribution is 2.09. The number of amidine groups is 1. The quantitative estimate of drug-likeness (QED) is 0.453. The van der Waals surface area contributed by atoms with E-state index < -0.39 is 5.60 Å². The third-order valence-corrected chi connectivity index (χ3v) is 1.46. The number of carbonyl (C=O) groups excluding carboxylic acids is 1. The van der Waals surface area contributed by atoms with Crippen LogP contribution in [0.25, 0.3) is 0 Å². The lowest BCUT2D eigenvalue weighted by molar-refractivity contribution is -0.151. The van der Waals surface area contributed by atoms with Crippen molar-refractivity contribution in [3.8, 4) is 0 Å². The Bertz CT molecular complexity index is 191. The van der Waals surface area contributed by atoms with Crippen LogP contribution in [0, 0.1) is 5.41 Å². The molecule has 6 heteroatoms. The second kappa shape index (κ2) is 6.26. The normalized spacial score (nSPS) is 10.1. The predicted octanol–water partition coefficient (Wildman–Crippen LogP) is 1.53. The Balaban J connectivity index is 0. The summed E-state index contributed by atoms with van der Waals surface area (Å²) in [6, 6.07) is 0. The second-order valence-corrected chi connectivity index (χ2v) is 4.26. The van der Waals surface area contributed by atoms with Gasteiger partial charge < -0.3 is 10.5 Å². The molecule has 0 radical (unpaired) electrons. The summed E-state index contributed by atoms with van der Waals surface area (Å²) in [4.78, 5) is 11.0. The molecular formula is C7H15BrN2O2S. The maximum atomic E-state index is 11.0. The van der Waals surface area contributed by atoms with E-state index in [-0.39, 0.29) is 33.9 Å². The molecule has 0 aliphatic rings. The Kier molecular flexibility index (Phi) is 7.34. The third kappa shape index (κ3) is 11.8. The summed E-state index contributed by atoms with van der Waals surface area (Å²) in [7, 11) is 0. The van der Waals surface area contributed by atoms with Crippen LogP contribution >= 0.6 is 28.7 Å². The molecule has 0 atom stereocenters.